The van der Waals surface area contributed by atoms with Gasteiger partial charge in [0.1, 0.15) is 17.7 Å². The molecule has 0 aliphatic carbocycles. The monoisotopic (exact) mass is 377 g/mol. The molecule has 1 aromatic rings. The number of carbonyl (C=O) groups is 2. The molecule has 0 radical (unpaired) electrons. The molecular weight excluding hydrogens is 350 g/mol. The van der Waals surface area contributed by atoms with Crippen molar-refractivity contribution in [1.29, 1.82) is 0 Å². The average molecular weight is 377 g/mol. The molecule has 2 amide bonds. The number of hydrogen-bond donors (Lipinski definition) is 0. The number of benzene rings is 1. The van der Waals surface area contributed by atoms with Crippen molar-refractivity contribution in [3.05, 3.63) is 35.9 Å². The van der Waals surface area contributed by atoms with Crippen LogP contribution in [0.2, 0.25) is 0 Å². The molecule has 148 valence electrons. The first-order valence-corrected chi connectivity index (χ1v) is 9.11. The lowest BCUT2D eigenvalue weighted by molar-refractivity contribution is -0.194. The van der Waals surface area contributed by atoms with Crippen LogP contribution >= 0.6 is 0 Å². The first kappa shape index (κ1) is 19.8. The fourth-order valence-electron chi connectivity index (χ4n) is 3.18. The summed E-state index contributed by atoms with van der Waals surface area (Å²) < 4.78 is 22.7. The van der Waals surface area contributed by atoms with Crippen molar-refractivity contribution in [2.75, 3.05) is 6.61 Å². The molecule has 2 heterocycles. The summed E-state index contributed by atoms with van der Waals surface area (Å²) in [5, 5.41) is 0. The van der Waals surface area contributed by atoms with Gasteiger partial charge in [-0.1, -0.05) is 30.3 Å². The van der Waals surface area contributed by atoms with Crippen molar-refractivity contribution in [1.82, 2.24) is 4.90 Å². The molecule has 2 aliphatic rings. The topological polar surface area (TPSA) is 74.3 Å². The Labute approximate surface area is 159 Å². The molecule has 27 heavy (non-hydrogen) atoms. The van der Waals surface area contributed by atoms with Gasteiger partial charge in [-0.15, -0.1) is 0 Å². The van der Waals surface area contributed by atoms with Crippen LogP contribution in [0.15, 0.2) is 30.3 Å². The lowest BCUT2D eigenvalue weighted by Crippen LogP contribution is -2.72. The summed E-state index contributed by atoms with van der Waals surface area (Å²) in [7, 11) is 0. The third-order valence-electron chi connectivity index (χ3n) is 4.36. The van der Waals surface area contributed by atoms with Gasteiger partial charge in [-0.2, -0.15) is 0 Å². The maximum Gasteiger partial charge on any atom is 0.417 e. The highest BCUT2D eigenvalue weighted by Gasteiger charge is 2.59. The van der Waals surface area contributed by atoms with Gasteiger partial charge in [-0.05, 0) is 40.2 Å². The van der Waals surface area contributed by atoms with Crippen LogP contribution in [0.1, 0.15) is 40.2 Å². The standard InChI is InChI=1S/C20H27NO6/c1-19(2,3)27-18(23)21-15(14-12-25-20(4,5)26-14)16(17(21)22)24-11-13-9-7-6-8-10-13/h6-10,14-16H,11-12H2,1-5H3/t14-,15+,16-/m1/s1. The Hall–Kier alpha value is -1.96. The normalized spacial score (nSPS) is 27.4. The van der Waals surface area contributed by atoms with Gasteiger partial charge in [0.25, 0.3) is 5.91 Å². The summed E-state index contributed by atoms with van der Waals surface area (Å²) in [6, 6.07) is 8.98. The summed E-state index contributed by atoms with van der Waals surface area (Å²) in [6.07, 6.45) is -1.93. The smallest absolute Gasteiger partial charge is 0.417 e. The van der Waals surface area contributed by atoms with Crippen LogP contribution < -0.4 is 0 Å². The molecule has 2 saturated heterocycles. The van der Waals surface area contributed by atoms with Crippen molar-refractivity contribution in [2.45, 2.75) is 70.9 Å². The van der Waals surface area contributed by atoms with E-state index < -0.39 is 41.6 Å². The first-order chi connectivity index (χ1) is 12.6. The van der Waals surface area contributed by atoms with E-state index in [2.05, 4.69) is 0 Å². The number of rotatable bonds is 4. The van der Waals surface area contributed by atoms with Crippen molar-refractivity contribution in [2.24, 2.45) is 0 Å². The van der Waals surface area contributed by atoms with E-state index in [4.69, 9.17) is 18.9 Å². The average Bonchev–Trinajstić information content (AvgIpc) is 2.91. The Balaban J connectivity index is 1.74. The molecule has 2 aliphatic heterocycles. The summed E-state index contributed by atoms with van der Waals surface area (Å²) in [6.45, 7) is 9.40. The molecule has 0 bridgehead atoms. The zero-order valence-corrected chi connectivity index (χ0v) is 16.4. The SMILES string of the molecule is CC(C)(C)OC(=O)N1C(=O)[C@H](OCc2ccccc2)[C@@H]1[C@H]1COC(C)(C)O1. The van der Waals surface area contributed by atoms with Gasteiger partial charge < -0.3 is 18.9 Å². The molecule has 0 aromatic heterocycles. The molecule has 7 nitrogen and oxygen atoms in total. The molecule has 1 aromatic carbocycles. The lowest BCUT2D eigenvalue weighted by atomic mass is 9.93. The minimum Gasteiger partial charge on any atom is -0.443 e. The van der Waals surface area contributed by atoms with Gasteiger partial charge in [0, 0.05) is 0 Å². The summed E-state index contributed by atoms with van der Waals surface area (Å²) in [5.41, 5.74) is 0.244. The molecule has 0 spiro atoms. The Morgan fingerprint density at radius 2 is 1.93 bits per heavy atom. The van der Waals surface area contributed by atoms with Crippen molar-refractivity contribution < 1.29 is 28.5 Å². The largest absolute Gasteiger partial charge is 0.443 e. The Kier molecular flexibility index (Phi) is 5.29. The molecule has 0 saturated carbocycles. The van der Waals surface area contributed by atoms with E-state index in [1.54, 1.807) is 34.6 Å². The van der Waals surface area contributed by atoms with Crippen LogP contribution in [0.5, 0.6) is 0 Å². The van der Waals surface area contributed by atoms with E-state index in [1.165, 1.54) is 0 Å². The Bertz CT molecular complexity index is 696. The van der Waals surface area contributed by atoms with E-state index in [1.807, 2.05) is 30.3 Å². The number of likely N-dealkylation sites (tertiary alicyclic amines) is 1. The van der Waals surface area contributed by atoms with Gasteiger partial charge in [-0.3, -0.25) is 4.79 Å². The number of nitrogens with zero attached hydrogens (tertiary/aromatic N) is 1. The summed E-state index contributed by atoms with van der Waals surface area (Å²) >= 11 is 0. The van der Waals surface area contributed by atoms with Gasteiger partial charge in [0.2, 0.25) is 0 Å². The maximum absolute atomic E-state index is 12.6. The summed E-state index contributed by atoms with van der Waals surface area (Å²) in [5.74, 6) is -1.19. The highest BCUT2D eigenvalue weighted by Crippen LogP contribution is 2.35. The Morgan fingerprint density at radius 1 is 1.26 bits per heavy atom. The number of ether oxygens (including phenoxy) is 4. The Morgan fingerprint density at radius 3 is 2.48 bits per heavy atom. The highest BCUT2D eigenvalue weighted by molar-refractivity contribution is 6.01. The maximum atomic E-state index is 12.6. The van der Waals surface area contributed by atoms with E-state index in [-0.39, 0.29) is 13.2 Å². The zero-order chi connectivity index (χ0) is 19.8. The highest BCUT2D eigenvalue weighted by atomic mass is 16.7. The quantitative estimate of drug-likeness (QED) is 0.751. The number of hydrogen-bond acceptors (Lipinski definition) is 6. The molecule has 3 atom stereocenters. The number of β-lactam (4-membered cyclic amide) rings is 1. The zero-order valence-electron chi connectivity index (χ0n) is 16.4. The third-order valence-corrected chi connectivity index (χ3v) is 4.36. The molecule has 0 unspecified atom stereocenters. The molecule has 3 rings (SSSR count). The summed E-state index contributed by atoms with van der Waals surface area (Å²) in [4.78, 5) is 26.3. The van der Waals surface area contributed by atoms with E-state index >= 15 is 0 Å². The van der Waals surface area contributed by atoms with Gasteiger partial charge in [-0.25, -0.2) is 9.69 Å². The minimum absolute atomic E-state index is 0.271. The first-order valence-electron chi connectivity index (χ1n) is 9.11. The van der Waals surface area contributed by atoms with Crippen LogP contribution in [0, 0.1) is 0 Å². The van der Waals surface area contributed by atoms with Gasteiger partial charge >= 0.3 is 6.09 Å². The fraction of sp³-hybridized carbons (Fsp3) is 0.600. The van der Waals surface area contributed by atoms with E-state index in [0.29, 0.717) is 0 Å². The molecule has 7 heteroatoms. The predicted molar refractivity (Wildman–Crippen MR) is 96.8 cm³/mol. The van der Waals surface area contributed by atoms with Crippen molar-refractivity contribution in [3.63, 3.8) is 0 Å². The molecule has 2 fully saturated rings. The van der Waals surface area contributed by atoms with Crippen LogP contribution in [-0.2, 0) is 30.3 Å². The van der Waals surface area contributed by atoms with E-state index in [0.717, 1.165) is 10.5 Å². The van der Waals surface area contributed by atoms with E-state index in [9.17, 15) is 9.59 Å². The number of imide groups is 1. The van der Waals surface area contributed by atoms with Crippen LogP contribution in [0.25, 0.3) is 0 Å². The number of carbonyl (C=O) groups excluding carboxylic acids is 2. The van der Waals surface area contributed by atoms with Crippen molar-refractivity contribution in [3.8, 4) is 0 Å². The van der Waals surface area contributed by atoms with Crippen LogP contribution in [0.4, 0.5) is 4.79 Å². The second-order valence-corrected chi connectivity index (χ2v) is 8.26. The minimum atomic E-state index is -0.778. The predicted octanol–water partition coefficient (Wildman–Crippen LogP) is 2.87. The lowest BCUT2D eigenvalue weighted by Gasteiger charge is -2.46. The van der Waals surface area contributed by atoms with Crippen molar-refractivity contribution >= 4 is 12.0 Å². The van der Waals surface area contributed by atoms with Crippen LogP contribution in [-0.4, -0.2) is 53.1 Å². The second-order valence-electron chi connectivity index (χ2n) is 8.26. The molecule has 0 N–H and O–H groups in total. The fourth-order valence-corrected chi connectivity index (χ4v) is 3.18. The third kappa shape index (κ3) is 4.48. The second kappa shape index (κ2) is 7.22. The van der Waals surface area contributed by atoms with Gasteiger partial charge in [0.05, 0.1) is 13.2 Å². The van der Waals surface area contributed by atoms with Crippen LogP contribution in [0.3, 0.4) is 0 Å². The van der Waals surface area contributed by atoms with Gasteiger partial charge in [0.15, 0.2) is 11.9 Å². The molecular formula is C20H27NO6. The number of amides is 2.